The molecule has 20 heavy (non-hydrogen) atoms. The third kappa shape index (κ3) is 6.51. The molecule has 1 aromatic carbocycles. The third-order valence-corrected chi connectivity index (χ3v) is 3.49. The number of rotatable bonds is 10. The molecule has 1 aromatic rings. The van der Waals surface area contributed by atoms with Gasteiger partial charge >= 0.3 is 0 Å². The van der Waals surface area contributed by atoms with Gasteiger partial charge in [-0.3, -0.25) is 0 Å². The van der Waals surface area contributed by atoms with E-state index in [2.05, 4.69) is 44.3 Å². The zero-order valence-corrected chi connectivity index (χ0v) is 13.4. The number of benzene rings is 1. The summed E-state index contributed by atoms with van der Waals surface area (Å²) in [6.07, 6.45) is 2.15. The van der Waals surface area contributed by atoms with E-state index in [-0.39, 0.29) is 0 Å². The summed E-state index contributed by atoms with van der Waals surface area (Å²) < 4.78 is 10.7. The minimum Gasteiger partial charge on any atom is -0.382 e. The number of aryl methyl sites for hydroxylation is 2. The van der Waals surface area contributed by atoms with Crippen molar-refractivity contribution in [3.63, 3.8) is 0 Å². The summed E-state index contributed by atoms with van der Waals surface area (Å²) in [5, 5.41) is 3.56. The number of hydrogen-bond acceptors (Lipinski definition) is 3. The molecule has 1 rings (SSSR count). The highest BCUT2D eigenvalue weighted by Gasteiger charge is 2.09. The Hall–Kier alpha value is -0.900. The summed E-state index contributed by atoms with van der Waals surface area (Å²) in [7, 11) is 1.70. The lowest BCUT2D eigenvalue weighted by molar-refractivity contribution is 0.0587. The Morgan fingerprint density at radius 3 is 2.60 bits per heavy atom. The van der Waals surface area contributed by atoms with E-state index >= 15 is 0 Å². The lowest BCUT2D eigenvalue weighted by Gasteiger charge is -2.19. The molecule has 0 saturated heterocycles. The highest BCUT2D eigenvalue weighted by molar-refractivity contribution is 5.30. The van der Waals surface area contributed by atoms with Crippen LogP contribution in [0.2, 0.25) is 0 Å². The Morgan fingerprint density at radius 2 is 1.95 bits per heavy atom. The quantitative estimate of drug-likeness (QED) is 0.668. The molecule has 0 saturated carbocycles. The van der Waals surface area contributed by atoms with Gasteiger partial charge in [-0.25, -0.2) is 0 Å². The molecule has 0 fully saturated rings. The number of methoxy groups -OCH3 is 1. The first kappa shape index (κ1) is 17.2. The standard InChI is InChI=1S/C17H29NO2/c1-5-8-18-17(13-20-10-9-19-4)12-16-7-6-14(2)15(3)11-16/h6-7,11,17-18H,5,8-10,12-13H2,1-4H3. The van der Waals surface area contributed by atoms with Crippen LogP contribution in [0.15, 0.2) is 18.2 Å². The van der Waals surface area contributed by atoms with Crippen molar-refractivity contribution in [1.82, 2.24) is 5.32 Å². The van der Waals surface area contributed by atoms with Crippen molar-refractivity contribution < 1.29 is 9.47 Å². The van der Waals surface area contributed by atoms with Crippen LogP contribution in [0.3, 0.4) is 0 Å². The zero-order valence-electron chi connectivity index (χ0n) is 13.4. The van der Waals surface area contributed by atoms with Crippen molar-refractivity contribution >= 4 is 0 Å². The molecule has 0 aliphatic heterocycles. The van der Waals surface area contributed by atoms with Crippen LogP contribution in [0.25, 0.3) is 0 Å². The van der Waals surface area contributed by atoms with Crippen LogP contribution in [0.5, 0.6) is 0 Å². The van der Waals surface area contributed by atoms with Crippen LogP contribution in [0.4, 0.5) is 0 Å². The Morgan fingerprint density at radius 1 is 1.15 bits per heavy atom. The van der Waals surface area contributed by atoms with E-state index < -0.39 is 0 Å². The molecule has 0 radical (unpaired) electrons. The fourth-order valence-electron chi connectivity index (χ4n) is 2.12. The topological polar surface area (TPSA) is 30.5 Å². The molecule has 114 valence electrons. The maximum absolute atomic E-state index is 5.67. The summed E-state index contributed by atoms with van der Waals surface area (Å²) in [5.41, 5.74) is 4.08. The van der Waals surface area contributed by atoms with E-state index in [0.717, 1.165) is 26.0 Å². The minimum atomic E-state index is 0.369. The lowest BCUT2D eigenvalue weighted by Crippen LogP contribution is -2.36. The van der Waals surface area contributed by atoms with Crippen LogP contribution in [-0.4, -0.2) is 39.5 Å². The molecule has 0 bridgehead atoms. The van der Waals surface area contributed by atoms with Crippen LogP contribution in [-0.2, 0) is 15.9 Å². The summed E-state index contributed by atoms with van der Waals surface area (Å²) in [4.78, 5) is 0. The molecule has 0 aromatic heterocycles. The van der Waals surface area contributed by atoms with Gasteiger partial charge in [-0.15, -0.1) is 0 Å². The summed E-state index contributed by atoms with van der Waals surface area (Å²) in [6.45, 7) is 9.59. The normalized spacial score (nSPS) is 12.6. The molecule has 1 atom stereocenters. The van der Waals surface area contributed by atoms with Crippen LogP contribution < -0.4 is 5.32 Å². The van der Waals surface area contributed by atoms with Crippen molar-refractivity contribution in [3.05, 3.63) is 34.9 Å². The minimum absolute atomic E-state index is 0.369. The molecule has 0 aliphatic carbocycles. The summed E-state index contributed by atoms with van der Waals surface area (Å²) in [6, 6.07) is 7.07. The van der Waals surface area contributed by atoms with Crippen molar-refractivity contribution in [2.24, 2.45) is 0 Å². The van der Waals surface area contributed by atoms with Crippen molar-refractivity contribution in [2.75, 3.05) is 33.5 Å². The fourth-order valence-corrected chi connectivity index (χ4v) is 2.12. The van der Waals surface area contributed by atoms with E-state index in [1.54, 1.807) is 7.11 Å². The number of hydrogen-bond donors (Lipinski definition) is 1. The van der Waals surface area contributed by atoms with Gasteiger partial charge in [-0.1, -0.05) is 25.1 Å². The zero-order chi connectivity index (χ0) is 14.8. The highest BCUT2D eigenvalue weighted by atomic mass is 16.5. The predicted octanol–water partition coefficient (Wildman–Crippen LogP) is 2.88. The van der Waals surface area contributed by atoms with Crippen LogP contribution in [0.1, 0.15) is 30.0 Å². The van der Waals surface area contributed by atoms with Gasteiger partial charge < -0.3 is 14.8 Å². The van der Waals surface area contributed by atoms with Gasteiger partial charge in [-0.05, 0) is 49.9 Å². The van der Waals surface area contributed by atoms with E-state index in [1.165, 1.54) is 16.7 Å². The maximum Gasteiger partial charge on any atom is 0.0701 e. The summed E-state index contributed by atoms with van der Waals surface area (Å²) >= 11 is 0. The van der Waals surface area contributed by atoms with E-state index in [4.69, 9.17) is 9.47 Å². The van der Waals surface area contributed by atoms with Gasteiger partial charge in [0.1, 0.15) is 0 Å². The second kappa shape index (κ2) is 9.92. The average Bonchev–Trinajstić information content (AvgIpc) is 2.44. The number of nitrogens with one attached hydrogen (secondary N) is 1. The van der Waals surface area contributed by atoms with Gasteiger partial charge in [0, 0.05) is 13.2 Å². The molecule has 1 unspecified atom stereocenters. The van der Waals surface area contributed by atoms with Crippen LogP contribution >= 0.6 is 0 Å². The first-order valence-corrected chi connectivity index (χ1v) is 7.53. The van der Waals surface area contributed by atoms with Crippen molar-refractivity contribution in [2.45, 2.75) is 39.7 Å². The van der Waals surface area contributed by atoms with Gasteiger partial charge in [0.25, 0.3) is 0 Å². The SMILES string of the molecule is CCCNC(COCCOC)Cc1ccc(C)c(C)c1. The first-order valence-electron chi connectivity index (χ1n) is 7.53. The summed E-state index contributed by atoms with van der Waals surface area (Å²) in [5.74, 6) is 0. The molecular formula is C17H29NO2. The van der Waals surface area contributed by atoms with Gasteiger partial charge in [0.15, 0.2) is 0 Å². The Balaban J connectivity index is 2.51. The largest absolute Gasteiger partial charge is 0.382 e. The fraction of sp³-hybridized carbons (Fsp3) is 0.647. The van der Waals surface area contributed by atoms with Crippen molar-refractivity contribution in [1.29, 1.82) is 0 Å². The van der Waals surface area contributed by atoms with E-state index in [9.17, 15) is 0 Å². The second-order valence-corrected chi connectivity index (χ2v) is 5.34. The van der Waals surface area contributed by atoms with Crippen molar-refractivity contribution in [3.8, 4) is 0 Å². The molecule has 3 heteroatoms. The number of ether oxygens (including phenoxy) is 2. The average molecular weight is 279 g/mol. The van der Waals surface area contributed by atoms with Gasteiger partial charge in [0.05, 0.1) is 19.8 Å². The maximum atomic E-state index is 5.67. The van der Waals surface area contributed by atoms with Gasteiger partial charge in [-0.2, -0.15) is 0 Å². The van der Waals surface area contributed by atoms with E-state index in [0.29, 0.717) is 19.3 Å². The molecule has 0 amide bonds. The Kier molecular flexibility index (Phi) is 8.51. The Bertz CT molecular complexity index is 379. The predicted molar refractivity (Wildman–Crippen MR) is 84.4 cm³/mol. The molecular weight excluding hydrogens is 250 g/mol. The Labute approximate surface area is 123 Å². The van der Waals surface area contributed by atoms with Gasteiger partial charge in [0.2, 0.25) is 0 Å². The molecule has 0 aliphatic rings. The lowest BCUT2D eigenvalue weighted by atomic mass is 10.0. The van der Waals surface area contributed by atoms with E-state index in [1.807, 2.05) is 0 Å². The van der Waals surface area contributed by atoms with Crippen LogP contribution in [0, 0.1) is 13.8 Å². The monoisotopic (exact) mass is 279 g/mol. The first-order chi connectivity index (χ1) is 9.67. The third-order valence-electron chi connectivity index (χ3n) is 3.49. The molecule has 3 nitrogen and oxygen atoms in total. The second-order valence-electron chi connectivity index (χ2n) is 5.34. The highest BCUT2D eigenvalue weighted by Crippen LogP contribution is 2.12. The molecule has 0 spiro atoms. The molecule has 1 N–H and O–H groups in total. The molecule has 0 heterocycles. The smallest absolute Gasteiger partial charge is 0.0701 e.